The molecule has 1 unspecified atom stereocenters. The summed E-state index contributed by atoms with van der Waals surface area (Å²) in [6.07, 6.45) is -0.583. The van der Waals surface area contributed by atoms with Gasteiger partial charge in [-0.2, -0.15) is 5.26 Å². The van der Waals surface area contributed by atoms with Crippen LogP contribution >= 0.6 is 0 Å². The fraction of sp³-hybridized carbons (Fsp3) is 0.417. The maximum absolute atomic E-state index is 9.49. The van der Waals surface area contributed by atoms with Gasteiger partial charge in [0.1, 0.15) is 12.7 Å². The summed E-state index contributed by atoms with van der Waals surface area (Å²) >= 11 is 0. The zero-order valence-electron chi connectivity index (χ0n) is 9.93. The van der Waals surface area contributed by atoms with Crippen molar-refractivity contribution >= 4 is 0 Å². The van der Waals surface area contributed by atoms with Crippen LogP contribution in [0.3, 0.4) is 0 Å². The summed E-state index contributed by atoms with van der Waals surface area (Å²) in [6.45, 7) is 0.627. The first-order valence-corrected chi connectivity index (χ1v) is 5.25. The molecule has 1 atom stereocenters. The van der Waals surface area contributed by atoms with E-state index in [0.717, 1.165) is 0 Å². The van der Waals surface area contributed by atoms with E-state index in [0.29, 0.717) is 23.6 Å². The predicted octanol–water partition coefficient (Wildman–Crippen LogP) is 0.526. The molecule has 0 heterocycles. The molecule has 0 aromatic heterocycles. The average molecular weight is 236 g/mol. The lowest BCUT2D eigenvalue weighted by Gasteiger charge is -2.14. The number of rotatable bonds is 6. The molecule has 5 heteroatoms. The summed E-state index contributed by atoms with van der Waals surface area (Å²) in [5.74, 6) is 1.00. The number of methoxy groups -OCH3 is 1. The number of nitriles is 1. The fourth-order valence-corrected chi connectivity index (χ4v) is 1.34. The van der Waals surface area contributed by atoms with E-state index in [1.807, 2.05) is 6.07 Å². The molecule has 0 spiro atoms. The van der Waals surface area contributed by atoms with Gasteiger partial charge < -0.3 is 19.9 Å². The van der Waals surface area contributed by atoms with Crippen LogP contribution in [-0.4, -0.2) is 38.5 Å². The van der Waals surface area contributed by atoms with Gasteiger partial charge >= 0.3 is 0 Å². The maximum Gasteiger partial charge on any atom is 0.162 e. The lowest BCUT2D eigenvalue weighted by atomic mass is 10.2. The fourth-order valence-electron chi connectivity index (χ4n) is 1.34. The second-order valence-corrected chi connectivity index (χ2v) is 3.50. The van der Waals surface area contributed by atoms with Gasteiger partial charge in [-0.25, -0.2) is 0 Å². The number of hydrogen-bond acceptors (Lipinski definition) is 5. The summed E-state index contributed by atoms with van der Waals surface area (Å²) in [4.78, 5) is 0. The van der Waals surface area contributed by atoms with Gasteiger partial charge in [0, 0.05) is 12.6 Å². The van der Waals surface area contributed by atoms with Crippen molar-refractivity contribution in [1.29, 1.82) is 5.26 Å². The summed E-state index contributed by atoms with van der Waals surface area (Å²) in [6, 6.07) is 6.91. The number of nitrogens with one attached hydrogen (secondary N) is 1. The molecule has 0 saturated heterocycles. The molecule has 1 aromatic rings. The van der Waals surface area contributed by atoms with Crippen molar-refractivity contribution in [3.8, 4) is 17.6 Å². The van der Waals surface area contributed by atoms with Crippen LogP contribution in [-0.2, 0) is 0 Å². The number of benzene rings is 1. The van der Waals surface area contributed by atoms with Crippen LogP contribution in [0.25, 0.3) is 0 Å². The van der Waals surface area contributed by atoms with E-state index in [1.54, 1.807) is 25.2 Å². The molecule has 0 aliphatic heterocycles. The minimum atomic E-state index is -0.583. The zero-order valence-corrected chi connectivity index (χ0v) is 9.93. The Balaban J connectivity index is 2.68. The molecule has 0 aliphatic rings. The highest BCUT2D eigenvalue weighted by Crippen LogP contribution is 2.27. The third-order valence-electron chi connectivity index (χ3n) is 2.16. The highest BCUT2D eigenvalue weighted by molar-refractivity contribution is 5.46. The number of ether oxygens (including phenoxy) is 2. The molecule has 1 aromatic carbocycles. The van der Waals surface area contributed by atoms with Gasteiger partial charge in [-0.05, 0) is 19.2 Å². The Morgan fingerprint density at radius 2 is 2.24 bits per heavy atom. The van der Waals surface area contributed by atoms with Crippen molar-refractivity contribution in [2.75, 3.05) is 27.3 Å². The Bertz CT molecular complexity index is 401. The predicted molar refractivity (Wildman–Crippen MR) is 63.1 cm³/mol. The molecule has 0 fully saturated rings. The summed E-state index contributed by atoms with van der Waals surface area (Å²) in [7, 11) is 3.26. The molecular formula is C12H16N2O3. The van der Waals surface area contributed by atoms with Crippen LogP contribution in [0.1, 0.15) is 5.56 Å². The van der Waals surface area contributed by atoms with Crippen molar-refractivity contribution in [2.45, 2.75) is 6.10 Å². The largest absolute Gasteiger partial charge is 0.493 e. The third kappa shape index (κ3) is 3.94. The van der Waals surface area contributed by atoms with E-state index < -0.39 is 6.10 Å². The summed E-state index contributed by atoms with van der Waals surface area (Å²) < 4.78 is 10.5. The maximum atomic E-state index is 9.49. The lowest BCUT2D eigenvalue weighted by molar-refractivity contribution is 0.106. The van der Waals surface area contributed by atoms with E-state index in [-0.39, 0.29) is 6.61 Å². The molecule has 0 radical (unpaired) electrons. The Labute approximate surface area is 101 Å². The van der Waals surface area contributed by atoms with Gasteiger partial charge in [-0.15, -0.1) is 0 Å². The first kappa shape index (κ1) is 13.3. The Kier molecular flexibility index (Phi) is 5.27. The highest BCUT2D eigenvalue weighted by atomic mass is 16.5. The normalized spacial score (nSPS) is 11.6. The standard InChI is InChI=1S/C12H16N2O3/c1-14-7-10(15)8-17-11-4-3-9(6-13)5-12(11)16-2/h3-5,10,14-15H,7-8H2,1-2H3. The molecule has 2 N–H and O–H groups in total. The topological polar surface area (TPSA) is 74.5 Å². The monoisotopic (exact) mass is 236 g/mol. The lowest BCUT2D eigenvalue weighted by Crippen LogP contribution is -2.29. The number of nitrogens with zero attached hydrogens (tertiary/aromatic N) is 1. The van der Waals surface area contributed by atoms with Gasteiger partial charge in [0.2, 0.25) is 0 Å². The third-order valence-corrected chi connectivity index (χ3v) is 2.16. The zero-order chi connectivity index (χ0) is 12.7. The molecule has 0 amide bonds. The Morgan fingerprint density at radius 1 is 1.47 bits per heavy atom. The van der Waals surface area contributed by atoms with Crippen molar-refractivity contribution in [3.05, 3.63) is 23.8 Å². The average Bonchev–Trinajstić information content (AvgIpc) is 2.36. The van der Waals surface area contributed by atoms with E-state index in [4.69, 9.17) is 14.7 Å². The van der Waals surface area contributed by atoms with E-state index >= 15 is 0 Å². The van der Waals surface area contributed by atoms with Gasteiger partial charge in [0.15, 0.2) is 11.5 Å². The second-order valence-electron chi connectivity index (χ2n) is 3.50. The number of aliphatic hydroxyl groups is 1. The Morgan fingerprint density at radius 3 is 2.82 bits per heavy atom. The molecule has 1 rings (SSSR count). The summed E-state index contributed by atoms with van der Waals surface area (Å²) in [5, 5.41) is 21.1. The molecule has 0 bridgehead atoms. The first-order valence-electron chi connectivity index (χ1n) is 5.25. The molecular weight excluding hydrogens is 220 g/mol. The smallest absolute Gasteiger partial charge is 0.162 e. The number of hydrogen-bond donors (Lipinski definition) is 2. The second kappa shape index (κ2) is 6.74. The molecule has 0 aliphatic carbocycles. The van der Waals surface area contributed by atoms with Crippen molar-refractivity contribution in [3.63, 3.8) is 0 Å². The van der Waals surface area contributed by atoms with Crippen LogP contribution in [0.4, 0.5) is 0 Å². The molecule has 5 nitrogen and oxygen atoms in total. The van der Waals surface area contributed by atoms with Crippen LogP contribution < -0.4 is 14.8 Å². The molecule has 0 saturated carbocycles. The SMILES string of the molecule is CNCC(O)COc1ccc(C#N)cc1OC. The van der Waals surface area contributed by atoms with Crippen molar-refractivity contribution < 1.29 is 14.6 Å². The summed E-state index contributed by atoms with van der Waals surface area (Å²) in [5.41, 5.74) is 0.505. The van der Waals surface area contributed by atoms with Gasteiger partial charge in [-0.1, -0.05) is 0 Å². The number of aliphatic hydroxyl groups excluding tert-OH is 1. The van der Waals surface area contributed by atoms with Crippen LogP contribution in [0, 0.1) is 11.3 Å². The Hall–Kier alpha value is -1.77. The first-order chi connectivity index (χ1) is 8.21. The molecule has 17 heavy (non-hydrogen) atoms. The highest BCUT2D eigenvalue weighted by Gasteiger charge is 2.08. The van der Waals surface area contributed by atoms with Crippen molar-refractivity contribution in [1.82, 2.24) is 5.32 Å². The van der Waals surface area contributed by atoms with Crippen LogP contribution in [0.5, 0.6) is 11.5 Å². The molecule has 92 valence electrons. The minimum Gasteiger partial charge on any atom is -0.493 e. The van der Waals surface area contributed by atoms with E-state index in [2.05, 4.69) is 5.32 Å². The van der Waals surface area contributed by atoms with Crippen LogP contribution in [0.15, 0.2) is 18.2 Å². The van der Waals surface area contributed by atoms with Crippen LogP contribution in [0.2, 0.25) is 0 Å². The number of likely N-dealkylation sites (N-methyl/N-ethyl adjacent to an activating group) is 1. The van der Waals surface area contributed by atoms with Gasteiger partial charge in [0.25, 0.3) is 0 Å². The van der Waals surface area contributed by atoms with E-state index in [9.17, 15) is 5.11 Å². The quantitative estimate of drug-likeness (QED) is 0.753. The van der Waals surface area contributed by atoms with Crippen molar-refractivity contribution in [2.24, 2.45) is 0 Å². The van der Waals surface area contributed by atoms with E-state index in [1.165, 1.54) is 7.11 Å². The van der Waals surface area contributed by atoms with Gasteiger partial charge in [-0.3, -0.25) is 0 Å². The minimum absolute atomic E-state index is 0.170. The van der Waals surface area contributed by atoms with Gasteiger partial charge in [0.05, 0.1) is 18.7 Å².